The highest BCUT2D eigenvalue weighted by molar-refractivity contribution is 6.34. The van der Waals surface area contributed by atoms with Crippen molar-refractivity contribution in [1.82, 2.24) is 0 Å². The van der Waals surface area contributed by atoms with Gasteiger partial charge in [-0.1, -0.05) is 30.2 Å². The molecular formula is C13H16ClNO. The normalized spacial score (nSPS) is 24.6. The molecule has 1 aromatic rings. The first-order valence-electron chi connectivity index (χ1n) is 5.73. The number of carbonyl (C=O) groups excluding carboxylic acids is 1. The maximum atomic E-state index is 12.3. The van der Waals surface area contributed by atoms with Gasteiger partial charge in [0.15, 0.2) is 5.78 Å². The Labute approximate surface area is 101 Å². The van der Waals surface area contributed by atoms with Gasteiger partial charge >= 0.3 is 0 Å². The van der Waals surface area contributed by atoms with Gasteiger partial charge in [0, 0.05) is 11.5 Å². The van der Waals surface area contributed by atoms with Crippen LogP contribution in [0.1, 0.15) is 29.6 Å². The number of rotatable bonds is 3. The van der Waals surface area contributed by atoms with Crippen molar-refractivity contribution < 1.29 is 4.79 Å². The molecule has 0 spiro atoms. The van der Waals surface area contributed by atoms with Crippen LogP contribution in [0.5, 0.6) is 0 Å². The van der Waals surface area contributed by atoms with Crippen LogP contribution in [0.3, 0.4) is 0 Å². The Morgan fingerprint density at radius 3 is 2.81 bits per heavy atom. The van der Waals surface area contributed by atoms with Gasteiger partial charge in [0.1, 0.15) is 0 Å². The van der Waals surface area contributed by atoms with Crippen molar-refractivity contribution in [2.45, 2.75) is 19.3 Å². The Morgan fingerprint density at radius 2 is 2.12 bits per heavy atom. The summed E-state index contributed by atoms with van der Waals surface area (Å²) in [6.07, 6.45) is 3.12. The Morgan fingerprint density at radius 1 is 1.38 bits per heavy atom. The molecule has 2 N–H and O–H groups in total. The van der Waals surface area contributed by atoms with Crippen molar-refractivity contribution in [3.05, 3.63) is 34.9 Å². The lowest BCUT2D eigenvalue weighted by Gasteiger charge is -2.17. The number of benzene rings is 1. The fourth-order valence-corrected chi connectivity index (χ4v) is 2.75. The van der Waals surface area contributed by atoms with Crippen LogP contribution in [-0.2, 0) is 0 Å². The molecule has 0 radical (unpaired) electrons. The lowest BCUT2D eigenvalue weighted by atomic mass is 9.88. The van der Waals surface area contributed by atoms with Crippen molar-refractivity contribution in [2.24, 2.45) is 17.6 Å². The maximum Gasteiger partial charge on any atom is 0.167 e. The van der Waals surface area contributed by atoms with E-state index in [1.807, 2.05) is 12.1 Å². The predicted octanol–water partition coefficient (Wildman–Crippen LogP) is 2.90. The van der Waals surface area contributed by atoms with Crippen molar-refractivity contribution >= 4 is 17.4 Å². The molecule has 0 aromatic heterocycles. The van der Waals surface area contributed by atoms with E-state index in [0.717, 1.165) is 19.3 Å². The zero-order chi connectivity index (χ0) is 11.5. The fraction of sp³-hybridized carbons (Fsp3) is 0.462. The van der Waals surface area contributed by atoms with Gasteiger partial charge in [0.25, 0.3) is 0 Å². The summed E-state index contributed by atoms with van der Waals surface area (Å²) < 4.78 is 0. The average molecular weight is 238 g/mol. The van der Waals surface area contributed by atoms with E-state index < -0.39 is 0 Å². The van der Waals surface area contributed by atoms with Crippen LogP contribution in [0.15, 0.2) is 24.3 Å². The van der Waals surface area contributed by atoms with Crippen molar-refractivity contribution in [3.8, 4) is 0 Å². The molecule has 2 nitrogen and oxygen atoms in total. The number of hydrogen-bond acceptors (Lipinski definition) is 2. The van der Waals surface area contributed by atoms with E-state index in [4.69, 9.17) is 17.3 Å². The second-order valence-corrected chi connectivity index (χ2v) is 4.78. The van der Waals surface area contributed by atoms with Gasteiger partial charge in [-0.05, 0) is 37.4 Å². The van der Waals surface area contributed by atoms with Crippen molar-refractivity contribution in [2.75, 3.05) is 6.54 Å². The predicted molar refractivity (Wildman–Crippen MR) is 65.7 cm³/mol. The number of hydrogen-bond donors (Lipinski definition) is 1. The van der Waals surface area contributed by atoms with E-state index in [-0.39, 0.29) is 11.7 Å². The molecule has 0 bridgehead atoms. The second-order valence-electron chi connectivity index (χ2n) is 4.38. The molecule has 86 valence electrons. The molecule has 1 aliphatic carbocycles. The summed E-state index contributed by atoms with van der Waals surface area (Å²) >= 11 is 6.04. The maximum absolute atomic E-state index is 12.3. The van der Waals surface area contributed by atoms with Crippen LogP contribution < -0.4 is 5.73 Å². The Bertz CT molecular complexity index is 391. The molecule has 2 rings (SSSR count). The number of ketones is 1. The minimum absolute atomic E-state index is 0.0740. The highest BCUT2D eigenvalue weighted by Crippen LogP contribution is 2.34. The van der Waals surface area contributed by atoms with E-state index in [0.29, 0.717) is 23.0 Å². The van der Waals surface area contributed by atoms with E-state index >= 15 is 0 Å². The Kier molecular flexibility index (Phi) is 3.62. The molecule has 1 fully saturated rings. The van der Waals surface area contributed by atoms with Crippen LogP contribution in [0, 0.1) is 11.8 Å². The zero-order valence-corrected chi connectivity index (χ0v) is 9.91. The van der Waals surface area contributed by atoms with Gasteiger partial charge in [-0.3, -0.25) is 4.79 Å². The fourth-order valence-electron chi connectivity index (χ4n) is 2.52. The first kappa shape index (κ1) is 11.6. The summed E-state index contributed by atoms with van der Waals surface area (Å²) in [6, 6.07) is 7.26. The van der Waals surface area contributed by atoms with Crippen LogP contribution in [0.2, 0.25) is 5.02 Å². The van der Waals surface area contributed by atoms with Gasteiger partial charge in [-0.15, -0.1) is 0 Å². The number of nitrogens with two attached hydrogens (primary N) is 1. The van der Waals surface area contributed by atoms with Gasteiger partial charge in [0.05, 0.1) is 5.02 Å². The highest BCUT2D eigenvalue weighted by atomic mass is 35.5. The zero-order valence-electron chi connectivity index (χ0n) is 9.16. The third kappa shape index (κ3) is 2.13. The molecule has 0 amide bonds. The molecule has 2 atom stereocenters. The summed E-state index contributed by atoms with van der Waals surface area (Å²) in [4.78, 5) is 12.3. The summed E-state index contributed by atoms with van der Waals surface area (Å²) in [5.41, 5.74) is 6.34. The van der Waals surface area contributed by atoms with Crippen molar-refractivity contribution in [1.29, 1.82) is 0 Å². The van der Waals surface area contributed by atoms with E-state index in [2.05, 4.69) is 0 Å². The Balaban J connectivity index is 2.22. The molecule has 1 aromatic carbocycles. The largest absolute Gasteiger partial charge is 0.330 e. The average Bonchev–Trinajstić information content (AvgIpc) is 2.77. The molecule has 1 aliphatic rings. The molecular weight excluding hydrogens is 222 g/mol. The third-order valence-corrected chi connectivity index (χ3v) is 3.77. The summed E-state index contributed by atoms with van der Waals surface area (Å²) in [6.45, 7) is 0.598. The second kappa shape index (κ2) is 4.98. The lowest BCUT2D eigenvalue weighted by Crippen LogP contribution is -2.25. The molecule has 1 saturated carbocycles. The summed E-state index contributed by atoms with van der Waals surface area (Å²) in [5, 5.41) is 0.551. The van der Waals surface area contributed by atoms with Crippen molar-refractivity contribution in [3.63, 3.8) is 0 Å². The molecule has 3 heteroatoms. The monoisotopic (exact) mass is 237 g/mol. The SMILES string of the molecule is NCC1CCCC1C(=O)c1ccccc1Cl. The minimum atomic E-state index is 0.0740. The lowest BCUT2D eigenvalue weighted by molar-refractivity contribution is 0.0893. The number of carbonyl (C=O) groups is 1. The topological polar surface area (TPSA) is 43.1 Å². The third-order valence-electron chi connectivity index (χ3n) is 3.44. The van der Waals surface area contributed by atoms with Gasteiger partial charge in [-0.2, -0.15) is 0 Å². The Hall–Kier alpha value is -0.860. The van der Waals surface area contributed by atoms with Gasteiger partial charge < -0.3 is 5.73 Å². The van der Waals surface area contributed by atoms with E-state index in [1.165, 1.54) is 0 Å². The van der Waals surface area contributed by atoms with Crippen LogP contribution in [0.25, 0.3) is 0 Å². The molecule has 0 aliphatic heterocycles. The number of halogens is 1. The van der Waals surface area contributed by atoms with E-state index in [9.17, 15) is 4.79 Å². The molecule has 0 heterocycles. The van der Waals surface area contributed by atoms with Crippen LogP contribution >= 0.6 is 11.6 Å². The summed E-state index contributed by atoms with van der Waals surface area (Å²) in [7, 11) is 0. The first-order valence-corrected chi connectivity index (χ1v) is 6.10. The quantitative estimate of drug-likeness (QED) is 0.822. The standard InChI is InChI=1S/C13H16ClNO/c14-12-7-2-1-5-11(12)13(16)10-6-3-4-9(10)8-15/h1-2,5,7,9-10H,3-4,6,8,15H2. The number of Topliss-reactive ketones (excluding diaryl/α,β-unsaturated/α-hetero) is 1. The summed E-state index contributed by atoms with van der Waals surface area (Å²) in [5.74, 6) is 0.576. The van der Waals surface area contributed by atoms with Crippen LogP contribution in [0.4, 0.5) is 0 Å². The smallest absolute Gasteiger partial charge is 0.167 e. The van der Waals surface area contributed by atoms with Crippen LogP contribution in [-0.4, -0.2) is 12.3 Å². The molecule has 2 unspecified atom stereocenters. The molecule has 16 heavy (non-hydrogen) atoms. The highest BCUT2D eigenvalue weighted by Gasteiger charge is 2.32. The first-order chi connectivity index (χ1) is 7.74. The van der Waals surface area contributed by atoms with Gasteiger partial charge in [-0.25, -0.2) is 0 Å². The molecule has 0 saturated heterocycles. The minimum Gasteiger partial charge on any atom is -0.330 e. The van der Waals surface area contributed by atoms with E-state index in [1.54, 1.807) is 12.1 Å². The van der Waals surface area contributed by atoms with Gasteiger partial charge in [0.2, 0.25) is 0 Å².